The van der Waals surface area contributed by atoms with E-state index in [0.717, 1.165) is 12.8 Å². The molecule has 0 radical (unpaired) electrons. The predicted octanol–water partition coefficient (Wildman–Crippen LogP) is 0.978. The van der Waals surface area contributed by atoms with Gasteiger partial charge in [-0.15, -0.1) is 0 Å². The second kappa shape index (κ2) is 2.14. The molecule has 2 bridgehead atoms. The van der Waals surface area contributed by atoms with Crippen molar-refractivity contribution in [2.24, 2.45) is 29.6 Å². The van der Waals surface area contributed by atoms with Crippen LogP contribution in [0.15, 0.2) is 0 Å². The summed E-state index contributed by atoms with van der Waals surface area (Å²) in [5.41, 5.74) is 0. The zero-order valence-electron chi connectivity index (χ0n) is 7.53. The van der Waals surface area contributed by atoms with Crippen LogP contribution in [0, 0.1) is 29.6 Å². The summed E-state index contributed by atoms with van der Waals surface area (Å²) >= 11 is 0. The highest BCUT2D eigenvalue weighted by molar-refractivity contribution is 5.97. The van der Waals surface area contributed by atoms with Gasteiger partial charge in [-0.1, -0.05) is 6.92 Å². The lowest BCUT2D eigenvalue weighted by atomic mass is 9.76. The zero-order valence-corrected chi connectivity index (χ0v) is 7.53. The number of cyclic esters (lactones) is 2. The maximum atomic E-state index is 11.4. The average molecular weight is 180 g/mol. The molecule has 0 aromatic carbocycles. The second-order valence-corrected chi connectivity index (χ2v) is 4.66. The van der Waals surface area contributed by atoms with Crippen molar-refractivity contribution in [1.29, 1.82) is 0 Å². The zero-order chi connectivity index (χ0) is 9.16. The molecule has 0 N–H and O–H groups in total. The van der Waals surface area contributed by atoms with Crippen LogP contribution in [-0.2, 0) is 14.3 Å². The van der Waals surface area contributed by atoms with E-state index in [9.17, 15) is 9.59 Å². The standard InChI is InChI=1S/C10H12O3/c1-4-2-5-3-6(4)8-7(5)9(11)13-10(8)12/h4-8H,2-3H2,1H3/t4-,5?,6?,7?,8?/m0/s1. The molecule has 2 saturated carbocycles. The van der Waals surface area contributed by atoms with Crippen molar-refractivity contribution in [3.05, 3.63) is 0 Å². The van der Waals surface area contributed by atoms with Gasteiger partial charge >= 0.3 is 11.9 Å². The van der Waals surface area contributed by atoms with E-state index in [4.69, 9.17) is 0 Å². The molecular formula is C10H12O3. The Morgan fingerprint density at radius 1 is 1.15 bits per heavy atom. The van der Waals surface area contributed by atoms with Crippen molar-refractivity contribution in [1.82, 2.24) is 0 Å². The largest absolute Gasteiger partial charge is 0.393 e. The summed E-state index contributed by atoms with van der Waals surface area (Å²) in [5, 5.41) is 0. The summed E-state index contributed by atoms with van der Waals surface area (Å²) in [6.45, 7) is 2.18. The van der Waals surface area contributed by atoms with E-state index >= 15 is 0 Å². The van der Waals surface area contributed by atoms with E-state index in [1.54, 1.807) is 0 Å². The fourth-order valence-corrected chi connectivity index (χ4v) is 3.58. The van der Waals surface area contributed by atoms with Gasteiger partial charge in [0.05, 0.1) is 11.8 Å². The molecule has 70 valence electrons. The van der Waals surface area contributed by atoms with Crippen LogP contribution in [0.3, 0.4) is 0 Å². The third-order valence-corrected chi connectivity index (χ3v) is 4.08. The molecular weight excluding hydrogens is 168 g/mol. The van der Waals surface area contributed by atoms with Crippen molar-refractivity contribution in [3.63, 3.8) is 0 Å². The molecule has 3 heteroatoms. The maximum Gasteiger partial charge on any atom is 0.317 e. The normalized spacial score (nSPS) is 52.5. The van der Waals surface area contributed by atoms with Crippen molar-refractivity contribution in [2.75, 3.05) is 0 Å². The molecule has 0 aromatic heterocycles. The number of carbonyl (C=O) groups excluding carboxylic acids is 2. The lowest BCUT2D eigenvalue weighted by molar-refractivity contribution is -0.154. The van der Waals surface area contributed by atoms with Crippen LogP contribution < -0.4 is 0 Å². The van der Waals surface area contributed by atoms with Crippen LogP contribution in [0.2, 0.25) is 0 Å². The van der Waals surface area contributed by atoms with Crippen LogP contribution in [0.5, 0.6) is 0 Å². The molecule has 3 nitrogen and oxygen atoms in total. The van der Waals surface area contributed by atoms with Crippen molar-refractivity contribution >= 4 is 11.9 Å². The minimum atomic E-state index is -0.256. The molecule has 0 spiro atoms. The maximum absolute atomic E-state index is 11.4. The Hall–Kier alpha value is -0.860. The lowest BCUT2D eigenvalue weighted by Gasteiger charge is -2.24. The minimum absolute atomic E-state index is 0.0753. The Balaban J connectivity index is 2.00. The first kappa shape index (κ1) is 7.54. The number of ether oxygens (including phenoxy) is 1. The number of hydrogen-bond donors (Lipinski definition) is 0. The molecule has 5 atom stereocenters. The highest BCUT2D eigenvalue weighted by Crippen LogP contribution is 2.57. The molecule has 3 fully saturated rings. The van der Waals surface area contributed by atoms with Gasteiger partial charge in [0.2, 0.25) is 0 Å². The van der Waals surface area contributed by atoms with Gasteiger partial charge in [0, 0.05) is 0 Å². The Kier molecular flexibility index (Phi) is 1.24. The monoisotopic (exact) mass is 180 g/mol. The van der Waals surface area contributed by atoms with Gasteiger partial charge < -0.3 is 4.74 Å². The number of rotatable bonds is 0. The topological polar surface area (TPSA) is 43.4 Å². The number of fused-ring (bicyclic) bond motifs is 5. The first-order valence-electron chi connectivity index (χ1n) is 4.94. The van der Waals surface area contributed by atoms with E-state index in [1.807, 2.05) is 0 Å². The summed E-state index contributed by atoms with van der Waals surface area (Å²) in [7, 11) is 0. The van der Waals surface area contributed by atoms with Crippen LogP contribution in [0.25, 0.3) is 0 Å². The van der Waals surface area contributed by atoms with E-state index in [2.05, 4.69) is 11.7 Å². The highest BCUT2D eigenvalue weighted by Gasteiger charge is 2.61. The van der Waals surface area contributed by atoms with E-state index < -0.39 is 0 Å². The first-order valence-corrected chi connectivity index (χ1v) is 4.94. The summed E-state index contributed by atoms with van der Waals surface area (Å²) in [6, 6.07) is 0. The van der Waals surface area contributed by atoms with E-state index in [1.165, 1.54) is 0 Å². The van der Waals surface area contributed by atoms with E-state index in [-0.39, 0.29) is 23.8 Å². The Morgan fingerprint density at radius 2 is 1.85 bits per heavy atom. The molecule has 1 saturated heterocycles. The van der Waals surface area contributed by atoms with Crippen molar-refractivity contribution in [3.8, 4) is 0 Å². The average Bonchev–Trinajstić information content (AvgIpc) is 2.64. The van der Waals surface area contributed by atoms with Gasteiger partial charge in [0.15, 0.2) is 0 Å². The van der Waals surface area contributed by atoms with Gasteiger partial charge in [-0.3, -0.25) is 9.59 Å². The van der Waals surface area contributed by atoms with Crippen LogP contribution in [0.1, 0.15) is 19.8 Å². The third-order valence-electron chi connectivity index (χ3n) is 4.08. The molecule has 1 heterocycles. The van der Waals surface area contributed by atoms with Gasteiger partial charge in [-0.05, 0) is 30.6 Å². The van der Waals surface area contributed by atoms with Crippen molar-refractivity contribution in [2.45, 2.75) is 19.8 Å². The molecule has 13 heavy (non-hydrogen) atoms. The molecule has 3 rings (SSSR count). The van der Waals surface area contributed by atoms with Crippen LogP contribution in [-0.4, -0.2) is 11.9 Å². The van der Waals surface area contributed by atoms with Gasteiger partial charge in [-0.25, -0.2) is 0 Å². The molecule has 2 aliphatic carbocycles. The quantitative estimate of drug-likeness (QED) is 0.412. The molecule has 4 unspecified atom stereocenters. The first-order chi connectivity index (χ1) is 6.18. The summed E-state index contributed by atoms with van der Waals surface area (Å²) in [6.07, 6.45) is 2.17. The Morgan fingerprint density at radius 3 is 2.62 bits per heavy atom. The summed E-state index contributed by atoms with van der Waals surface area (Å²) in [4.78, 5) is 22.7. The van der Waals surface area contributed by atoms with Gasteiger partial charge in [0.25, 0.3) is 0 Å². The molecule has 0 aromatic rings. The number of hydrogen-bond acceptors (Lipinski definition) is 3. The SMILES string of the molecule is C[C@H]1CC2CC1C1C(=O)OC(=O)C21. The van der Waals surface area contributed by atoms with Gasteiger partial charge in [-0.2, -0.15) is 0 Å². The Bertz CT molecular complexity index is 297. The predicted molar refractivity (Wildman–Crippen MR) is 43.5 cm³/mol. The smallest absolute Gasteiger partial charge is 0.317 e. The fourth-order valence-electron chi connectivity index (χ4n) is 3.58. The van der Waals surface area contributed by atoms with Crippen LogP contribution >= 0.6 is 0 Å². The summed E-state index contributed by atoms with van der Waals surface area (Å²) in [5.74, 6) is 0.793. The highest BCUT2D eigenvalue weighted by atomic mass is 16.6. The summed E-state index contributed by atoms with van der Waals surface area (Å²) < 4.78 is 4.68. The minimum Gasteiger partial charge on any atom is -0.393 e. The third kappa shape index (κ3) is 0.754. The Labute approximate surface area is 76.4 Å². The molecule has 0 amide bonds. The van der Waals surface area contributed by atoms with Gasteiger partial charge in [0.1, 0.15) is 0 Å². The number of esters is 2. The van der Waals surface area contributed by atoms with Crippen LogP contribution in [0.4, 0.5) is 0 Å². The molecule has 1 aliphatic heterocycles. The molecule has 3 aliphatic rings. The van der Waals surface area contributed by atoms with E-state index in [0.29, 0.717) is 17.8 Å². The lowest BCUT2D eigenvalue weighted by Crippen LogP contribution is -2.28. The van der Waals surface area contributed by atoms with Crippen molar-refractivity contribution < 1.29 is 14.3 Å². The second-order valence-electron chi connectivity index (χ2n) is 4.66. The number of carbonyl (C=O) groups is 2. The fraction of sp³-hybridized carbons (Fsp3) is 0.800.